The molecule has 0 unspecified atom stereocenters. The van der Waals surface area contributed by atoms with Crippen LogP contribution in [0.3, 0.4) is 0 Å². The normalized spacial score (nSPS) is 14.8. The van der Waals surface area contributed by atoms with Gasteiger partial charge in [0.1, 0.15) is 12.2 Å². The molecule has 0 bridgehead atoms. The number of halogens is 4. The summed E-state index contributed by atoms with van der Waals surface area (Å²) in [6.07, 6.45) is 1.51. The van der Waals surface area contributed by atoms with Crippen LogP contribution in [0.1, 0.15) is 11.1 Å². The average Bonchev–Trinajstić information content (AvgIpc) is 3.03. The molecule has 1 saturated heterocycles. The first-order valence-corrected chi connectivity index (χ1v) is 12.1. The zero-order valence-electron chi connectivity index (χ0n) is 16.2. The summed E-state index contributed by atoms with van der Waals surface area (Å²) in [4.78, 5) is 25.2. The van der Waals surface area contributed by atoms with E-state index in [2.05, 4.69) is 53.2 Å². The smallest absolute Gasteiger partial charge is 0.282 e. The first-order valence-electron chi connectivity index (χ1n) is 9.31. The summed E-state index contributed by atoms with van der Waals surface area (Å²) in [5, 5.41) is 1.57. The molecule has 9 heteroatoms. The van der Waals surface area contributed by atoms with E-state index in [1.165, 1.54) is 11.1 Å². The highest BCUT2D eigenvalue weighted by Gasteiger charge is 2.34. The summed E-state index contributed by atoms with van der Waals surface area (Å²) in [6.45, 7) is 0.305. The van der Waals surface area contributed by atoms with Gasteiger partial charge in [0.15, 0.2) is 5.75 Å². The van der Waals surface area contributed by atoms with Crippen molar-refractivity contribution in [3.63, 3.8) is 0 Å². The molecule has 162 valence electrons. The molecule has 0 aliphatic carbocycles. The van der Waals surface area contributed by atoms with E-state index in [0.29, 0.717) is 33.1 Å². The fourth-order valence-corrected chi connectivity index (χ4v) is 5.22. The largest absolute Gasteiger partial charge is 0.486 e. The molecule has 0 atom stereocenters. The summed E-state index contributed by atoms with van der Waals surface area (Å²) >= 11 is 16.9. The third kappa shape index (κ3) is 4.93. The Labute approximate surface area is 214 Å². The number of hydrogen-bond acceptors (Lipinski definition) is 3. The number of hydrogen-bond donors (Lipinski definition) is 1. The van der Waals surface area contributed by atoms with Crippen molar-refractivity contribution in [1.82, 2.24) is 5.43 Å². The Kier molecular flexibility index (Phi) is 7.05. The molecule has 0 spiro atoms. The van der Waals surface area contributed by atoms with Gasteiger partial charge in [-0.15, -0.1) is 0 Å². The van der Waals surface area contributed by atoms with Crippen molar-refractivity contribution in [2.75, 3.05) is 5.01 Å². The van der Waals surface area contributed by atoms with E-state index < -0.39 is 11.8 Å². The number of amides is 2. The fraction of sp³-hybridized carbons (Fsp3) is 0.0435. The standard InChI is InChI=1S/C23H14Br3ClN2O3/c24-15-7-6-14(18(25)11-15)12-32-21-19(26)9-13(10-20(21)27)8-17-22(30)28-29(23(17)31)16-4-2-1-3-5-16/h1-11H,12H2,(H,28,30)/b17-8-. The van der Waals surface area contributed by atoms with E-state index in [4.69, 9.17) is 16.3 Å². The van der Waals surface area contributed by atoms with E-state index in [-0.39, 0.29) is 5.57 Å². The Morgan fingerprint density at radius 1 is 0.969 bits per heavy atom. The van der Waals surface area contributed by atoms with Gasteiger partial charge in [-0.2, -0.15) is 0 Å². The Hall–Kier alpha value is -2.13. The number of hydrazine groups is 1. The summed E-state index contributed by atoms with van der Waals surface area (Å²) in [5.41, 5.74) is 4.72. The van der Waals surface area contributed by atoms with Crippen LogP contribution in [0.15, 0.2) is 79.7 Å². The van der Waals surface area contributed by atoms with Crippen LogP contribution in [0, 0.1) is 0 Å². The highest BCUT2D eigenvalue weighted by molar-refractivity contribution is 9.11. The van der Waals surface area contributed by atoms with Crippen molar-refractivity contribution < 1.29 is 14.3 Å². The van der Waals surface area contributed by atoms with Gasteiger partial charge in [-0.25, -0.2) is 5.01 Å². The monoisotopic (exact) mass is 638 g/mol. The van der Waals surface area contributed by atoms with Crippen molar-refractivity contribution in [1.29, 1.82) is 0 Å². The molecule has 1 N–H and O–H groups in total. The maximum atomic E-state index is 12.8. The number of nitrogens with one attached hydrogen (secondary N) is 1. The molecule has 3 aromatic carbocycles. The molecule has 1 aliphatic rings. The van der Waals surface area contributed by atoms with Gasteiger partial charge in [-0.1, -0.05) is 67.7 Å². The minimum atomic E-state index is -0.480. The van der Waals surface area contributed by atoms with E-state index >= 15 is 0 Å². The first kappa shape index (κ1) is 23.0. The molecule has 3 aromatic rings. The number of para-hydroxylation sites is 1. The zero-order valence-corrected chi connectivity index (χ0v) is 21.8. The van der Waals surface area contributed by atoms with Gasteiger partial charge >= 0.3 is 0 Å². The topological polar surface area (TPSA) is 58.6 Å². The maximum absolute atomic E-state index is 12.8. The van der Waals surface area contributed by atoms with Crippen molar-refractivity contribution in [3.8, 4) is 5.75 Å². The van der Waals surface area contributed by atoms with Crippen molar-refractivity contribution in [2.24, 2.45) is 0 Å². The lowest BCUT2D eigenvalue weighted by Gasteiger charge is -2.14. The summed E-state index contributed by atoms with van der Waals surface area (Å²) in [6, 6.07) is 18.1. The molecular weight excluding hydrogens is 627 g/mol. The lowest BCUT2D eigenvalue weighted by molar-refractivity contribution is -0.117. The summed E-state index contributed by atoms with van der Waals surface area (Å²) in [7, 11) is 0. The maximum Gasteiger partial charge on any atom is 0.282 e. The van der Waals surface area contributed by atoms with Gasteiger partial charge in [-0.05, 0) is 64.0 Å². The second-order valence-electron chi connectivity index (χ2n) is 6.81. The van der Waals surface area contributed by atoms with E-state index in [1.807, 2.05) is 24.3 Å². The highest BCUT2D eigenvalue weighted by atomic mass is 79.9. The number of carbonyl (C=O) groups is 2. The van der Waals surface area contributed by atoms with E-state index in [9.17, 15) is 9.59 Å². The number of rotatable bonds is 5. The molecule has 0 radical (unpaired) electrons. The summed E-state index contributed by atoms with van der Waals surface area (Å²) < 4.78 is 8.40. The van der Waals surface area contributed by atoms with Crippen molar-refractivity contribution in [3.05, 3.63) is 95.8 Å². The van der Waals surface area contributed by atoms with Crippen LogP contribution in [0.5, 0.6) is 5.75 Å². The predicted octanol–water partition coefficient (Wildman–Crippen LogP) is 6.67. The molecule has 0 aromatic heterocycles. The van der Waals surface area contributed by atoms with Crippen LogP contribution < -0.4 is 15.2 Å². The number of benzene rings is 3. The van der Waals surface area contributed by atoms with E-state index in [0.717, 1.165) is 14.5 Å². The fourth-order valence-electron chi connectivity index (χ4n) is 3.07. The minimum Gasteiger partial charge on any atom is -0.486 e. The van der Waals surface area contributed by atoms with Crippen molar-refractivity contribution in [2.45, 2.75) is 6.61 Å². The van der Waals surface area contributed by atoms with Gasteiger partial charge < -0.3 is 4.74 Å². The lowest BCUT2D eigenvalue weighted by atomic mass is 10.1. The molecule has 0 saturated carbocycles. The quantitative estimate of drug-likeness (QED) is 0.250. The zero-order chi connectivity index (χ0) is 22.8. The number of nitrogens with zero attached hydrogens (tertiary/aromatic N) is 1. The van der Waals surface area contributed by atoms with Gasteiger partial charge in [0, 0.05) is 14.5 Å². The van der Waals surface area contributed by atoms with Crippen LogP contribution in [-0.2, 0) is 16.2 Å². The molecule has 4 rings (SSSR count). The second kappa shape index (κ2) is 9.79. The molecule has 2 amide bonds. The Morgan fingerprint density at radius 2 is 1.72 bits per heavy atom. The lowest BCUT2D eigenvalue weighted by Crippen LogP contribution is -2.35. The van der Waals surface area contributed by atoms with Gasteiger partial charge in [0.25, 0.3) is 11.8 Å². The van der Waals surface area contributed by atoms with Crippen LogP contribution >= 0.6 is 59.4 Å². The SMILES string of the molecule is O=C1NN(c2ccccc2)C(=O)/C1=C\c1cc(Cl)c(OCc2ccc(Br)cc2Br)c(Br)c1. The number of ether oxygens (including phenoxy) is 1. The van der Waals surface area contributed by atoms with Crippen molar-refractivity contribution >= 4 is 83.0 Å². The molecule has 5 nitrogen and oxygen atoms in total. The molecular formula is C23H14Br3ClN2O3. The Morgan fingerprint density at radius 3 is 2.41 bits per heavy atom. The van der Waals surface area contributed by atoms with Gasteiger partial charge in [0.05, 0.1) is 15.2 Å². The van der Waals surface area contributed by atoms with Crippen LogP contribution in [0.4, 0.5) is 5.69 Å². The predicted molar refractivity (Wildman–Crippen MR) is 135 cm³/mol. The van der Waals surface area contributed by atoms with Gasteiger partial charge in [0.2, 0.25) is 0 Å². The highest BCUT2D eigenvalue weighted by Crippen LogP contribution is 2.36. The van der Waals surface area contributed by atoms with Crippen LogP contribution in [0.25, 0.3) is 6.08 Å². The molecule has 1 fully saturated rings. The third-order valence-corrected chi connectivity index (χ3v) is 6.73. The van der Waals surface area contributed by atoms with Crippen LogP contribution in [-0.4, -0.2) is 11.8 Å². The van der Waals surface area contributed by atoms with Crippen LogP contribution in [0.2, 0.25) is 5.02 Å². The Balaban J connectivity index is 1.56. The third-order valence-electron chi connectivity index (χ3n) is 4.62. The van der Waals surface area contributed by atoms with E-state index in [1.54, 1.807) is 36.4 Å². The summed E-state index contributed by atoms with van der Waals surface area (Å²) in [5.74, 6) is -0.447. The molecule has 32 heavy (non-hydrogen) atoms. The first-order chi connectivity index (χ1) is 15.3. The minimum absolute atomic E-state index is 0.0179. The number of anilines is 1. The second-order valence-corrected chi connectivity index (χ2v) is 9.84. The molecule has 1 aliphatic heterocycles. The van der Waals surface area contributed by atoms with Gasteiger partial charge in [-0.3, -0.25) is 15.0 Å². The number of carbonyl (C=O) groups excluding carboxylic acids is 2. The average molecular weight is 642 g/mol. The Bertz CT molecular complexity index is 1230. The molecule has 1 heterocycles.